The maximum atomic E-state index is 12.0. The fourth-order valence-corrected chi connectivity index (χ4v) is 3.12. The lowest BCUT2D eigenvalue weighted by molar-refractivity contribution is 0.0951. The van der Waals surface area contributed by atoms with Crippen molar-refractivity contribution < 1.29 is 4.79 Å². The third-order valence-corrected chi connectivity index (χ3v) is 4.81. The number of halogens is 1. The molecule has 0 aliphatic carbocycles. The summed E-state index contributed by atoms with van der Waals surface area (Å²) >= 11 is 5.13. The first kappa shape index (κ1) is 14.3. The smallest absolute Gasteiger partial charge is 0.251 e. The minimum atomic E-state index is -0.0233. The van der Waals surface area contributed by atoms with Crippen LogP contribution in [0.3, 0.4) is 0 Å². The molecule has 0 radical (unpaired) electrons. The number of benzene rings is 1. The van der Waals surface area contributed by atoms with E-state index in [1.807, 2.05) is 24.3 Å². The van der Waals surface area contributed by atoms with Gasteiger partial charge in [0.05, 0.1) is 6.54 Å². The highest BCUT2D eigenvalue weighted by atomic mass is 79.9. The molecule has 1 heterocycles. The molecular weight excluding hydrogens is 322 g/mol. The van der Waals surface area contributed by atoms with Crippen LogP contribution in [0, 0.1) is 13.8 Å². The Kier molecular flexibility index (Phi) is 4.77. The number of aryl methyl sites for hydroxylation is 2. The van der Waals surface area contributed by atoms with Gasteiger partial charge in [-0.15, -0.1) is 11.3 Å². The van der Waals surface area contributed by atoms with E-state index in [2.05, 4.69) is 41.2 Å². The first-order chi connectivity index (χ1) is 9.10. The van der Waals surface area contributed by atoms with Gasteiger partial charge < -0.3 is 5.32 Å². The fourth-order valence-electron chi connectivity index (χ4n) is 1.75. The van der Waals surface area contributed by atoms with Gasteiger partial charge in [-0.2, -0.15) is 0 Å². The van der Waals surface area contributed by atoms with Crippen molar-refractivity contribution >= 4 is 33.2 Å². The number of hydrogen-bond donors (Lipinski definition) is 1. The second-order valence-electron chi connectivity index (χ2n) is 4.47. The molecule has 0 atom stereocenters. The molecule has 1 aromatic carbocycles. The summed E-state index contributed by atoms with van der Waals surface area (Å²) in [6.45, 7) is 4.79. The van der Waals surface area contributed by atoms with Crippen molar-refractivity contribution in [3.05, 3.63) is 56.8 Å². The van der Waals surface area contributed by atoms with Crippen molar-refractivity contribution in [2.45, 2.75) is 25.7 Å². The summed E-state index contributed by atoms with van der Waals surface area (Å²) < 4.78 is 0. The van der Waals surface area contributed by atoms with E-state index in [4.69, 9.17) is 0 Å². The van der Waals surface area contributed by atoms with E-state index in [-0.39, 0.29) is 5.91 Å². The molecule has 1 amide bonds. The van der Waals surface area contributed by atoms with Crippen molar-refractivity contribution in [3.8, 4) is 0 Å². The zero-order valence-electron chi connectivity index (χ0n) is 11.0. The Morgan fingerprint density at radius 1 is 1.26 bits per heavy atom. The number of hydrogen-bond acceptors (Lipinski definition) is 2. The molecule has 0 aliphatic heterocycles. The highest BCUT2D eigenvalue weighted by Gasteiger charge is 2.07. The number of alkyl halides is 1. The molecule has 1 N–H and O–H groups in total. The van der Waals surface area contributed by atoms with Crippen LogP contribution in [0.5, 0.6) is 0 Å². The summed E-state index contributed by atoms with van der Waals surface area (Å²) in [7, 11) is 0. The van der Waals surface area contributed by atoms with Gasteiger partial charge in [0, 0.05) is 20.6 Å². The number of nitrogens with one attached hydrogen (secondary N) is 1. The molecule has 0 fully saturated rings. The van der Waals surface area contributed by atoms with Crippen LogP contribution in [-0.4, -0.2) is 5.91 Å². The first-order valence-electron chi connectivity index (χ1n) is 6.09. The predicted octanol–water partition coefficient (Wildman–Crippen LogP) is 4.19. The zero-order valence-corrected chi connectivity index (χ0v) is 13.4. The lowest BCUT2D eigenvalue weighted by Gasteiger charge is -2.04. The zero-order chi connectivity index (χ0) is 13.8. The third-order valence-electron chi connectivity index (χ3n) is 3.01. The highest BCUT2D eigenvalue weighted by molar-refractivity contribution is 9.08. The Balaban J connectivity index is 1.96. The fraction of sp³-hybridized carbons (Fsp3) is 0.267. The van der Waals surface area contributed by atoms with E-state index < -0.39 is 0 Å². The summed E-state index contributed by atoms with van der Waals surface area (Å²) in [6, 6.07) is 9.77. The minimum absolute atomic E-state index is 0.0233. The van der Waals surface area contributed by atoms with Crippen LogP contribution >= 0.6 is 27.3 Å². The second-order valence-corrected chi connectivity index (χ2v) is 6.37. The molecule has 2 aromatic rings. The van der Waals surface area contributed by atoms with Gasteiger partial charge in [0.15, 0.2) is 0 Å². The number of thiophene rings is 1. The Labute approximate surface area is 126 Å². The van der Waals surface area contributed by atoms with Gasteiger partial charge in [-0.3, -0.25) is 4.79 Å². The van der Waals surface area contributed by atoms with Gasteiger partial charge in [-0.25, -0.2) is 0 Å². The van der Waals surface area contributed by atoms with E-state index in [1.54, 1.807) is 11.3 Å². The maximum Gasteiger partial charge on any atom is 0.251 e. The molecule has 0 saturated heterocycles. The van der Waals surface area contributed by atoms with Crippen molar-refractivity contribution in [2.75, 3.05) is 0 Å². The van der Waals surface area contributed by atoms with Crippen LogP contribution in [0.25, 0.3) is 0 Å². The molecule has 4 heteroatoms. The standard InChI is InChI=1S/C15H16BrNOS/c1-10-7-14(19-11(10)2)9-17-15(18)13-5-3-12(8-16)4-6-13/h3-7H,8-9H2,1-2H3,(H,17,18). The Hall–Kier alpha value is -1.13. The van der Waals surface area contributed by atoms with Crippen LogP contribution in [0.4, 0.5) is 0 Å². The Bertz CT molecular complexity index is 555. The van der Waals surface area contributed by atoms with E-state index >= 15 is 0 Å². The average Bonchev–Trinajstić information content (AvgIpc) is 2.75. The largest absolute Gasteiger partial charge is 0.347 e. The van der Waals surface area contributed by atoms with E-state index in [1.165, 1.54) is 20.9 Å². The van der Waals surface area contributed by atoms with Gasteiger partial charge in [0.1, 0.15) is 0 Å². The maximum absolute atomic E-state index is 12.0. The predicted molar refractivity (Wildman–Crippen MR) is 84.0 cm³/mol. The third kappa shape index (κ3) is 3.67. The molecule has 0 bridgehead atoms. The lowest BCUT2D eigenvalue weighted by Crippen LogP contribution is -2.22. The number of carbonyl (C=O) groups excluding carboxylic acids is 1. The highest BCUT2D eigenvalue weighted by Crippen LogP contribution is 2.20. The summed E-state index contributed by atoms with van der Waals surface area (Å²) in [5.74, 6) is -0.0233. The van der Waals surface area contributed by atoms with E-state index in [0.717, 1.165) is 5.33 Å². The van der Waals surface area contributed by atoms with E-state index in [9.17, 15) is 4.79 Å². The molecule has 2 rings (SSSR count). The van der Waals surface area contributed by atoms with Crippen molar-refractivity contribution in [1.82, 2.24) is 5.32 Å². The van der Waals surface area contributed by atoms with Crippen molar-refractivity contribution in [2.24, 2.45) is 0 Å². The monoisotopic (exact) mass is 337 g/mol. The van der Waals surface area contributed by atoms with Gasteiger partial charge in [-0.05, 0) is 43.2 Å². The number of rotatable bonds is 4. The van der Waals surface area contributed by atoms with Crippen LogP contribution in [0.1, 0.15) is 31.2 Å². The first-order valence-corrected chi connectivity index (χ1v) is 8.03. The molecular formula is C15H16BrNOS. The van der Waals surface area contributed by atoms with Gasteiger partial charge >= 0.3 is 0 Å². The molecule has 0 unspecified atom stereocenters. The van der Waals surface area contributed by atoms with Gasteiger partial charge in [-0.1, -0.05) is 28.1 Å². The molecule has 2 nitrogen and oxygen atoms in total. The summed E-state index contributed by atoms with van der Waals surface area (Å²) in [4.78, 5) is 14.5. The summed E-state index contributed by atoms with van der Waals surface area (Å²) in [6.07, 6.45) is 0. The average molecular weight is 338 g/mol. The van der Waals surface area contributed by atoms with Crippen LogP contribution in [0.2, 0.25) is 0 Å². The molecule has 0 aliphatic rings. The van der Waals surface area contributed by atoms with Gasteiger partial charge in [0.2, 0.25) is 0 Å². The lowest BCUT2D eigenvalue weighted by atomic mass is 10.1. The van der Waals surface area contributed by atoms with E-state index in [0.29, 0.717) is 12.1 Å². The van der Waals surface area contributed by atoms with Crippen LogP contribution < -0.4 is 5.32 Å². The summed E-state index contributed by atoms with van der Waals surface area (Å²) in [5.41, 5.74) is 3.16. The number of carbonyl (C=O) groups is 1. The minimum Gasteiger partial charge on any atom is -0.347 e. The van der Waals surface area contributed by atoms with Crippen LogP contribution in [0.15, 0.2) is 30.3 Å². The van der Waals surface area contributed by atoms with Gasteiger partial charge in [0.25, 0.3) is 5.91 Å². The topological polar surface area (TPSA) is 29.1 Å². The molecule has 0 spiro atoms. The second kappa shape index (κ2) is 6.35. The van der Waals surface area contributed by atoms with Crippen LogP contribution in [-0.2, 0) is 11.9 Å². The Morgan fingerprint density at radius 3 is 2.47 bits per heavy atom. The molecule has 19 heavy (non-hydrogen) atoms. The normalized spacial score (nSPS) is 10.5. The number of amides is 1. The quantitative estimate of drug-likeness (QED) is 0.832. The SMILES string of the molecule is Cc1cc(CNC(=O)c2ccc(CBr)cc2)sc1C. The van der Waals surface area contributed by atoms with Crippen molar-refractivity contribution in [3.63, 3.8) is 0 Å². The van der Waals surface area contributed by atoms with Crippen molar-refractivity contribution in [1.29, 1.82) is 0 Å². The Morgan fingerprint density at radius 2 is 1.95 bits per heavy atom. The molecule has 1 aromatic heterocycles. The molecule has 0 saturated carbocycles. The summed E-state index contributed by atoms with van der Waals surface area (Å²) in [5, 5.41) is 3.76. The molecule has 100 valence electrons.